The van der Waals surface area contributed by atoms with Gasteiger partial charge in [0.1, 0.15) is 17.4 Å². The molecule has 0 aliphatic heterocycles. The van der Waals surface area contributed by atoms with Crippen LogP contribution in [0.5, 0.6) is 5.75 Å². The summed E-state index contributed by atoms with van der Waals surface area (Å²) in [5, 5.41) is 11.9. The van der Waals surface area contributed by atoms with E-state index in [1.54, 1.807) is 31.4 Å². The monoisotopic (exact) mass is 292 g/mol. The average molecular weight is 292 g/mol. The number of nitrogens with one attached hydrogen (secondary N) is 1. The molecule has 0 saturated carbocycles. The number of aryl methyl sites for hydroxylation is 1. The highest BCUT2D eigenvalue weighted by Gasteiger charge is 2.10. The third-order valence-corrected chi connectivity index (χ3v) is 3.11. The van der Waals surface area contributed by atoms with Crippen LogP contribution < -0.4 is 10.1 Å². The number of carbonyl (C=O) groups is 1. The van der Waals surface area contributed by atoms with E-state index in [0.717, 1.165) is 5.56 Å². The summed E-state index contributed by atoms with van der Waals surface area (Å²) < 4.78 is 5.22. The molecule has 0 spiro atoms. The molecule has 0 radical (unpaired) electrons. The minimum absolute atomic E-state index is 0.0186. The first-order valence-corrected chi connectivity index (χ1v) is 6.77. The first-order chi connectivity index (χ1) is 10.6. The highest BCUT2D eigenvalue weighted by atomic mass is 16.5. The Balaban J connectivity index is 2.24. The van der Waals surface area contributed by atoms with Crippen LogP contribution in [0.25, 0.3) is 6.08 Å². The molecule has 2 aromatic rings. The van der Waals surface area contributed by atoms with Crippen molar-refractivity contribution in [1.82, 2.24) is 0 Å². The van der Waals surface area contributed by atoms with Crippen molar-refractivity contribution in [3.05, 3.63) is 65.2 Å². The second-order valence-corrected chi connectivity index (χ2v) is 4.73. The molecular weight excluding hydrogens is 276 g/mol. The van der Waals surface area contributed by atoms with Crippen molar-refractivity contribution in [2.45, 2.75) is 6.92 Å². The number of para-hydroxylation sites is 1. The van der Waals surface area contributed by atoms with Gasteiger partial charge >= 0.3 is 0 Å². The van der Waals surface area contributed by atoms with Gasteiger partial charge in [-0.05, 0) is 31.2 Å². The van der Waals surface area contributed by atoms with Crippen molar-refractivity contribution in [3.8, 4) is 11.8 Å². The SMILES string of the molecule is COc1ccccc1/C=C(/C#N)C(=O)Nc1ccc(C)cc1. The van der Waals surface area contributed by atoms with Gasteiger partial charge in [0.2, 0.25) is 0 Å². The number of anilines is 1. The number of methoxy groups -OCH3 is 1. The largest absolute Gasteiger partial charge is 0.496 e. The smallest absolute Gasteiger partial charge is 0.266 e. The zero-order chi connectivity index (χ0) is 15.9. The van der Waals surface area contributed by atoms with Crippen LogP contribution in [0.3, 0.4) is 0 Å². The zero-order valence-electron chi connectivity index (χ0n) is 12.5. The second kappa shape index (κ2) is 7.09. The fraction of sp³-hybridized carbons (Fsp3) is 0.111. The molecule has 0 unspecified atom stereocenters. The summed E-state index contributed by atoms with van der Waals surface area (Å²) in [4.78, 5) is 12.2. The van der Waals surface area contributed by atoms with Crippen LogP contribution in [-0.2, 0) is 4.79 Å². The molecule has 110 valence electrons. The normalized spacial score (nSPS) is 10.7. The summed E-state index contributed by atoms with van der Waals surface area (Å²) in [5.41, 5.74) is 2.45. The van der Waals surface area contributed by atoms with Gasteiger partial charge in [-0.3, -0.25) is 4.79 Å². The Hall–Kier alpha value is -3.06. The number of carbonyl (C=O) groups excluding carboxylic acids is 1. The Kier molecular flexibility index (Phi) is 4.94. The van der Waals surface area contributed by atoms with Crippen LogP contribution >= 0.6 is 0 Å². The number of benzene rings is 2. The molecular formula is C18H16N2O2. The Bertz CT molecular complexity index is 740. The predicted molar refractivity (Wildman–Crippen MR) is 86.4 cm³/mol. The molecule has 0 aliphatic carbocycles. The molecule has 2 rings (SSSR count). The Morgan fingerprint density at radius 1 is 1.18 bits per heavy atom. The number of nitrogens with zero attached hydrogens (tertiary/aromatic N) is 1. The average Bonchev–Trinajstić information content (AvgIpc) is 2.55. The quantitative estimate of drug-likeness (QED) is 0.692. The van der Waals surface area contributed by atoms with Crippen LogP contribution in [0, 0.1) is 18.3 Å². The predicted octanol–water partition coefficient (Wildman–Crippen LogP) is 3.55. The van der Waals surface area contributed by atoms with E-state index < -0.39 is 5.91 Å². The van der Waals surface area contributed by atoms with Gasteiger partial charge in [0, 0.05) is 11.3 Å². The highest BCUT2D eigenvalue weighted by Crippen LogP contribution is 2.21. The van der Waals surface area contributed by atoms with Gasteiger partial charge in [-0.1, -0.05) is 35.9 Å². The van der Waals surface area contributed by atoms with Crippen LogP contribution in [0.4, 0.5) is 5.69 Å². The van der Waals surface area contributed by atoms with E-state index in [1.807, 2.05) is 37.3 Å². The Morgan fingerprint density at radius 3 is 2.50 bits per heavy atom. The molecule has 0 atom stereocenters. The summed E-state index contributed by atoms with van der Waals surface area (Å²) in [6.45, 7) is 1.97. The van der Waals surface area contributed by atoms with E-state index in [9.17, 15) is 10.1 Å². The first-order valence-electron chi connectivity index (χ1n) is 6.77. The minimum Gasteiger partial charge on any atom is -0.496 e. The number of hydrogen-bond acceptors (Lipinski definition) is 3. The molecule has 2 aromatic carbocycles. The molecule has 1 N–H and O–H groups in total. The van der Waals surface area contributed by atoms with Gasteiger partial charge < -0.3 is 10.1 Å². The summed E-state index contributed by atoms with van der Waals surface area (Å²) in [5.74, 6) is 0.163. The molecule has 1 amide bonds. The van der Waals surface area contributed by atoms with Crippen molar-refractivity contribution >= 4 is 17.7 Å². The lowest BCUT2D eigenvalue weighted by atomic mass is 10.1. The van der Waals surface area contributed by atoms with Crippen molar-refractivity contribution < 1.29 is 9.53 Å². The van der Waals surface area contributed by atoms with Crippen LogP contribution in [0.1, 0.15) is 11.1 Å². The van der Waals surface area contributed by atoms with Gasteiger partial charge in [0.25, 0.3) is 5.91 Å². The van der Waals surface area contributed by atoms with Gasteiger partial charge in [0.15, 0.2) is 0 Å². The lowest BCUT2D eigenvalue weighted by molar-refractivity contribution is -0.112. The van der Waals surface area contributed by atoms with Gasteiger partial charge in [0.05, 0.1) is 7.11 Å². The molecule has 0 aromatic heterocycles. The molecule has 0 bridgehead atoms. The maximum Gasteiger partial charge on any atom is 0.266 e. The van der Waals surface area contributed by atoms with Crippen LogP contribution in [0.15, 0.2) is 54.1 Å². The first kappa shape index (κ1) is 15.3. The van der Waals surface area contributed by atoms with Crippen LogP contribution in [-0.4, -0.2) is 13.0 Å². The number of nitriles is 1. The summed E-state index contributed by atoms with van der Waals surface area (Å²) in [6, 6.07) is 16.5. The van der Waals surface area contributed by atoms with E-state index in [1.165, 1.54) is 6.08 Å². The standard InChI is InChI=1S/C18H16N2O2/c1-13-7-9-16(10-8-13)20-18(21)15(12-19)11-14-5-3-4-6-17(14)22-2/h3-11H,1-2H3,(H,20,21)/b15-11-. The number of hydrogen-bond donors (Lipinski definition) is 1. The maximum absolute atomic E-state index is 12.2. The Labute approximate surface area is 129 Å². The third kappa shape index (κ3) is 3.74. The zero-order valence-corrected chi connectivity index (χ0v) is 12.5. The van der Waals surface area contributed by atoms with Crippen molar-refractivity contribution in [2.75, 3.05) is 12.4 Å². The molecule has 0 aliphatic rings. The Morgan fingerprint density at radius 2 is 1.86 bits per heavy atom. The number of amides is 1. The fourth-order valence-corrected chi connectivity index (χ4v) is 1.93. The maximum atomic E-state index is 12.2. The second-order valence-electron chi connectivity index (χ2n) is 4.73. The molecule has 0 heterocycles. The van der Waals surface area contributed by atoms with Gasteiger partial charge in [-0.15, -0.1) is 0 Å². The van der Waals surface area contributed by atoms with Crippen molar-refractivity contribution in [1.29, 1.82) is 5.26 Å². The number of rotatable bonds is 4. The van der Waals surface area contributed by atoms with Crippen molar-refractivity contribution in [3.63, 3.8) is 0 Å². The fourth-order valence-electron chi connectivity index (χ4n) is 1.93. The molecule has 4 nitrogen and oxygen atoms in total. The molecule has 22 heavy (non-hydrogen) atoms. The molecule has 0 saturated heterocycles. The van der Waals surface area contributed by atoms with Gasteiger partial charge in [-0.25, -0.2) is 0 Å². The number of ether oxygens (including phenoxy) is 1. The molecule has 0 fully saturated rings. The van der Waals surface area contributed by atoms with Crippen molar-refractivity contribution in [2.24, 2.45) is 0 Å². The molecule has 4 heteroatoms. The van der Waals surface area contributed by atoms with Gasteiger partial charge in [-0.2, -0.15) is 5.26 Å². The summed E-state index contributed by atoms with van der Waals surface area (Å²) >= 11 is 0. The topological polar surface area (TPSA) is 62.1 Å². The highest BCUT2D eigenvalue weighted by molar-refractivity contribution is 6.09. The lowest BCUT2D eigenvalue weighted by Crippen LogP contribution is -2.13. The lowest BCUT2D eigenvalue weighted by Gasteiger charge is -2.06. The van der Waals surface area contributed by atoms with E-state index in [4.69, 9.17) is 4.74 Å². The van der Waals surface area contributed by atoms with E-state index >= 15 is 0 Å². The van der Waals surface area contributed by atoms with E-state index in [0.29, 0.717) is 17.0 Å². The van der Waals surface area contributed by atoms with Crippen LogP contribution in [0.2, 0.25) is 0 Å². The van der Waals surface area contributed by atoms with E-state index in [2.05, 4.69) is 5.32 Å². The summed E-state index contributed by atoms with van der Waals surface area (Å²) in [6.07, 6.45) is 1.52. The minimum atomic E-state index is -0.447. The third-order valence-electron chi connectivity index (χ3n) is 3.11. The van der Waals surface area contributed by atoms with E-state index in [-0.39, 0.29) is 5.57 Å². The summed E-state index contributed by atoms with van der Waals surface area (Å²) in [7, 11) is 1.55.